The maximum atomic E-state index is 11.8. The maximum Gasteiger partial charge on any atom is 1.00 e. The first-order chi connectivity index (χ1) is 7.36. The summed E-state index contributed by atoms with van der Waals surface area (Å²) in [6, 6.07) is 16.0. The molecule has 1 nitrogen and oxygen atoms in total. The van der Waals surface area contributed by atoms with E-state index in [4.69, 9.17) is 0 Å². The van der Waals surface area contributed by atoms with Crippen molar-refractivity contribution in [1.29, 1.82) is 0 Å². The van der Waals surface area contributed by atoms with Crippen molar-refractivity contribution in [3.05, 3.63) is 59.7 Å². The Labute approximate surface area is 89.9 Å². The molecule has 0 atom stereocenters. The number of hydrogen-bond acceptors (Lipinski definition) is 1. The average Bonchev–Trinajstić information content (AvgIpc) is 2.30. The van der Waals surface area contributed by atoms with E-state index in [1.54, 1.807) is 0 Å². The van der Waals surface area contributed by atoms with Crippen LogP contribution >= 0.6 is 0 Å². The van der Waals surface area contributed by atoms with Crippen LogP contribution in [0.5, 0.6) is 0 Å². The molecule has 3 rings (SSSR count). The monoisotopic (exact) mass is 195 g/mol. The molecular weight excluding hydrogens is 184 g/mol. The topological polar surface area (TPSA) is 17.1 Å². The molecule has 0 bridgehead atoms. The normalized spacial score (nSPS) is 13.2. The smallest absolute Gasteiger partial charge is 0.294 e. The lowest BCUT2D eigenvalue weighted by Gasteiger charge is -2.18. The number of carbonyl (C=O) groups excluding carboxylic acids is 1. The first-order valence-electron chi connectivity index (χ1n) is 5.07. The second kappa shape index (κ2) is 3.06. The Kier molecular flexibility index (Phi) is 1.72. The summed E-state index contributed by atoms with van der Waals surface area (Å²) in [5.41, 5.74) is 4.27. The zero-order chi connectivity index (χ0) is 10.3. The Balaban J connectivity index is 0.000000963. The first-order valence-corrected chi connectivity index (χ1v) is 5.07. The van der Waals surface area contributed by atoms with Gasteiger partial charge in [0.2, 0.25) is 0 Å². The van der Waals surface area contributed by atoms with Gasteiger partial charge in [-0.25, -0.2) is 0 Å². The van der Waals surface area contributed by atoms with Crippen LogP contribution in [0, 0.1) is 0 Å². The van der Waals surface area contributed by atoms with Gasteiger partial charge in [0.25, 0.3) is 0 Å². The minimum absolute atomic E-state index is 0. The van der Waals surface area contributed by atoms with E-state index in [9.17, 15) is 4.79 Å². The van der Waals surface area contributed by atoms with Gasteiger partial charge >= 0.3 is 1.43 Å². The zero-order valence-electron chi connectivity index (χ0n) is 9.23. The molecule has 0 radical (unpaired) electrons. The van der Waals surface area contributed by atoms with Crippen LogP contribution in [0.3, 0.4) is 0 Å². The summed E-state index contributed by atoms with van der Waals surface area (Å²) < 4.78 is 0. The van der Waals surface area contributed by atoms with Crippen LogP contribution in [0.4, 0.5) is 0 Å². The number of rotatable bonds is 0. The molecule has 2 aromatic carbocycles. The van der Waals surface area contributed by atoms with E-state index < -0.39 is 0 Å². The van der Waals surface area contributed by atoms with Crippen molar-refractivity contribution >= 4 is 5.78 Å². The molecule has 0 heterocycles. The summed E-state index contributed by atoms with van der Waals surface area (Å²) in [4.78, 5) is 11.8. The van der Waals surface area contributed by atoms with Crippen molar-refractivity contribution in [2.24, 2.45) is 0 Å². The van der Waals surface area contributed by atoms with Gasteiger partial charge in [0.15, 0.2) is 5.78 Å². The van der Waals surface area contributed by atoms with E-state index in [0.717, 1.165) is 16.7 Å². The molecule has 0 amide bonds. The van der Waals surface area contributed by atoms with Gasteiger partial charge in [0.1, 0.15) is 0 Å². The number of fused-ring (bicyclic) bond motifs is 3. The van der Waals surface area contributed by atoms with E-state index in [1.807, 2.05) is 42.5 Å². The van der Waals surface area contributed by atoms with E-state index in [1.165, 1.54) is 5.56 Å². The van der Waals surface area contributed by atoms with E-state index in [2.05, 4.69) is 6.07 Å². The minimum atomic E-state index is 0. The summed E-state index contributed by atoms with van der Waals surface area (Å²) in [6.07, 6.45) is 0.535. The Morgan fingerprint density at radius 2 is 1.40 bits per heavy atom. The largest absolute Gasteiger partial charge is 1.00 e. The minimum Gasteiger partial charge on any atom is -0.294 e. The standard InChI is InChI=1S/C14H10O/c15-14-9-10-5-1-2-6-11(10)12-7-3-4-8-13(12)14/h1-8H,9H2/p+1. The molecule has 0 unspecified atom stereocenters. The zero-order valence-corrected chi connectivity index (χ0v) is 8.23. The lowest BCUT2D eigenvalue weighted by molar-refractivity contribution is 0.0992. The second-order valence-corrected chi connectivity index (χ2v) is 3.80. The van der Waals surface area contributed by atoms with Gasteiger partial charge in [-0.2, -0.15) is 0 Å². The van der Waals surface area contributed by atoms with Gasteiger partial charge in [-0.3, -0.25) is 4.79 Å². The third kappa shape index (κ3) is 1.20. The number of benzene rings is 2. The molecular formula is C14H11O+. The fraction of sp³-hybridized carbons (Fsp3) is 0.0714. The van der Waals surface area contributed by atoms with Crippen LogP contribution in [0.2, 0.25) is 0 Å². The highest BCUT2D eigenvalue weighted by Crippen LogP contribution is 2.32. The van der Waals surface area contributed by atoms with Crippen molar-refractivity contribution in [1.82, 2.24) is 0 Å². The summed E-state index contributed by atoms with van der Waals surface area (Å²) in [5, 5.41) is 0. The molecule has 0 aliphatic heterocycles. The molecule has 0 saturated heterocycles. The Bertz CT molecular complexity index is 546. The number of ketones is 1. The third-order valence-electron chi connectivity index (χ3n) is 2.89. The Morgan fingerprint density at radius 3 is 2.20 bits per heavy atom. The SMILES string of the molecule is O=C1Cc2ccccc2-c2ccccc21.[H+]. The van der Waals surface area contributed by atoms with Gasteiger partial charge in [-0.1, -0.05) is 48.5 Å². The molecule has 0 aromatic heterocycles. The number of carbonyl (C=O) groups is 1. The van der Waals surface area contributed by atoms with Crippen LogP contribution in [0.25, 0.3) is 11.1 Å². The molecule has 2 aromatic rings. The van der Waals surface area contributed by atoms with Gasteiger partial charge in [0.05, 0.1) is 0 Å². The molecule has 1 aliphatic rings. The van der Waals surface area contributed by atoms with Crippen LogP contribution in [0.15, 0.2) is 48.5 Å². The second-order valence-electron chi connectivity index (χ2n) is 3.80. The molecule has 0 fully saturated rings. The van der Waals surface area contributed by atoms with Crippen molar-refractivity contribution in [2.45, 2.75) is 6.42 Å². The van der Waals surface area contributed by atoms with Crippen LogP contribution in [0.1, 0.15) is 17.3 Å². The number of hydrogen-bond donors (Lipinski definition) is 0. The van der Waals surface area contributed by atoms with E-state index in [-0.39, 0.29) is 7.21 Å². The summed E-state index contributed by atoms with van der Waals surface area (Å²) in [5.74, 6) is 0.226. The molecule has 0 saturated carbocycles. The fourth-order valence-corrected chi connectivity index (χ4v) is 2.17. The van der Waals surface area contributed by atoms with Crippen molar-refractivity contribution in [3.63, 3.8) is 0 Å². The molecule has 0 N–H and O–H groups in total. The quantitative estimate of drug-likeness (QED) is 0.630. The van der Waals surface area contributed by atoms with E-state index in [0.29, 0.717) is 6.42 Å². The van der Waals surface area contributed by atoms with Crippen molar-refractivity contribution < 1.29 is 6.22 Å². The average molecular weight is 195 g/mol. The highest BCUT2D eigenvalue weighted by atomic mass is 16.1. The summed E-state index contributed by atoms with van der Waals surface area (Å²) in [7, 11) is 0. The Morgan fingerprint density at radius 1 is 0.800 bits per heavy atom. The summed E-state index contributed by atoms with van der Waals surface area (Å²) in [6.45, 7) is 0. The molecule has 72 valence electrons. The highest BCUT2D eigenvalue weighted by Gasteiger charge is 2.20. The first kappa shape index (κ1) is 8.42. The van der Waals surface area contributed by atoms with E-state index >= 15 is 0 Å². The lowest BCUT2D eigenvalue weighted by Crippen LogP contribution is -2.11. The van der Waals surface area contributed by atoms with Gasteiger partial charge in [-0.05, 0) is 16.7 Å². The van der Waals surface area contributed by atoms with Gasteiger partial charge in [-0.15, -0.1) is 0 Å². The van der Waals surface area contributed by atoms with Crippen LogP contribution in [-0.2, 0) is 6.42 Å². The van der Waals surface area contributed by atoms with Crippen LogP contribution < -0.4 is 0 Å². The summed E-state index contributed by atoms with van der Waals surface area (Å²) >= 11 is 0. The Hall–Kier alpha value is -1.89. The fourth-order valence-electron chi connectivity index (χ4n) is 2.17. The predicted octanol–water partition coefficient (Wildman–Crippen LogP) is 3.20. The van der Waals surface area contributed by atoms with Crippen molar-refractivity contribution in [2.75, 3.05) is 0 Å². The number of Topliss-reactive ketones (excluding diaryl/α,β-unsaturated/α-hetero) is 1. The lowest BCUT2D eigenvalue weighted by atomic mass is 9.85. The molecule has 15 heavy (non-hydrogen) atoms. The van der Waals surface area contributed by atoms with Gasteiger partial charge in [0, 0.05) is 12.0 Å². The highest BCUT2D eigenvalue weighted by molar-refractivity contribution is 6.07. The van der Waals surface area contributed by atoms with Crippen molar-refractivity contribution in [3.8, 4) is 11.1 Å². The third-order valence-corrected chi connectivity index (χ3v) is 2.89. The van der Waals surface area contributed by atoms with Gasteiger partial charge < -0.3 is 0 Å². The molecule has 1 heteroatoms. The predicted molar refractivity (Wildman–Crippen MR) is 61.0 cm³/mol. The maximum absolute atomic E-state index is 11.8. The molecule has 0 spiro atoms. The van der Waals surface area contributed by atoms with Crippen LogP contribution in [-0.4, -0.2) is 5.78 Å². The molecule has 1 aliphatic carbocycles.